The lowest BCUT2D eigenvalue weighted by Crippen LogP contribution is -1.89. The molecule has 14 heavy (non-hydrogen) atoms. The summed E-state index contributed by atoms with van der Waals surface area (Å²) in [5.41, 5.74) is 1.75. The zero-order valence-electron chi connectivity index (χ0n) is 8.04. The molecule has 2 aromatic rings. The first-order valence-electron chi connectivity index (χ1n) is 4.35. The summed E-state index contributed by atoms with van der Waals surface area (Å²) >= 11 is 5.88. The molecular weight excluding hydrogens is 198 g/mol. The van der Waals surface area contributed by atoms with Gasteiger partial charge in [-0.2, -0.15) is 0 Å². The summed E-state index contributed by atoms with van der Waals surface area (Å²) in [5.74, 6) is 0.0675. The first-order chi connectivity index (χ1) is 6.59. The van der Waals surface area contributed by atoms with Crippen LogP contribution in [0.2, 0.25) is 5.02 Å². The van der Waals surface area contributed by atoms with E-state index in [4.69, 9.17) is 11.6 Å². The van der Waals surface area contributed by atoms with E-state index >= 15 is 0 Å². The molecule has 3 heteroatoms. The quantitative estimate of drug-likeness (QED) is 0.659. The zero-order valence-corrected chi connectivity index (χ0v) is 8.80. The Morgan fingerprint density at radius 3 is 2.79 bits per heavy atom. The fourth-order valence-electron chi connectivity index (χ4n) is 1.64. The lowest BCUT2D eigenvalue weighted by atomic mass is 10.1. The van der Waals surface area contributed by atoms with Crippen LogP contribution < -0.4 is 0 Å². The maximum atomic E-state index is 11.3. The standard InChI is InChI=1S/C11H10ClNO/c1-7(14)10-6-13(2)11-4-3-8(12)5-9(10)11/h3-6H,1-2H3. The van der Waals surface area contributed by atoms with E-state index < -0.39 is 0 Å². The van der Waals surface area contributed by atoms with Gasteiger partial charge in [0.2, 0.25) is 0 Å². The molecule has 1 heterocycles. The zero-order chi connectivity index (χ0) is 10.3. The van der Waals surface area contributed by atoms with Gasteiger partial charge in [-0.25, -0.2) is 0 Å². The van der Waals surface area contributed by atoms with Crippen LogP contribution in [-0.4, -0.2) is 10.4 Å². The Balaban J connectivity index is 2.85. The molecule has 0 saturated carbocycles. The van der Waals surface area contributed by atoms with Gasteiger partial charge in [-0.3, -0.25) is 4.79 Å². The van der Waals surface area contributed by atoms with Crippen LogP contribution in [0.3, 0.4) is 0 Å². The highest BCUT2D eigenvalue weighted by Gasteiger charge is 2.09. The second-order valence-electron chi connectivity index (χ2n) is 3.37. The molecule has 2 nitrogen and oxygen atoms in total. The molecule has 0 atom stereocenters. The van der Waals surface area contributed by atoms with E-state index in [2.05, 4.69) is 0 Å². The van der Waals surface area contributed by atoms with Crippen molar-refractivity contribution >= 4 is 28.3 Å². The highest BCUT2D eigenvalue weighted by molar-refractivity contribution is 6.31. The average molecular weight is 208 g/mol. The second-order valence-corrected chi connectivity index (χ2v) is 3.81. The SMILES string of the molecule is CC(=O)c1cn(C)c2ccc(Cl)cc12. The number of carbonyl (C=O) groups is 1. The summed E-state index contributed by atoms with van der Waals surface area (Å²) in [6, 6.07) is 5.57. The molecule has 0 N–H and O–H groups in total. The maximum absolute atomic E-state index is 11.3. The largest absolute Gasteiger partial charge is 0.350 e. The van der Waals surface area contributed by atoms with Crippen LogP contribution in [-0.2, 0) is 7.05 Å². The third-order valence-corrected chi connectivity index (χ3v) is 2.57. The Bertz CT molecular complexity index is 513. The fourth-order valence-corrected chi connectivity index (χ4v) is 1.82. The van der Waals surface area contributed by atoms with Crippen LogP contribution in [0, 0.1) is 0 Å². The highest BCUT2D eigenvalue weighted by atomic mass is 35.5. The van der Waals surface area contributed by atoms with Crippen LogP contribution in [0.25, 0.3) is 10.9 Å². The van der Waals surface area contributed by atoms with Crippen molar-refractivity contribution in [2.75, 3.05) is 0 Å². The van der Waals surface area contributed by atoms with E-state index in [0.29, 0.717) is 5.02 Å². The number of hydrogen-bond donors (Lipinski definition) is 0. The number of rotatable bonds is 1. The first kappa shape index (κ1) is 9.28. The number of nitrogens with zero attached hydrogens (tertiary/aromatic N) is 1. The molecule has 0 aliphatic rings. The topological polar surface area (TPSA) is 22.0 Å². The van der Waals surface area contributed by atoms with Crippen LogP contribution in [0.5, 0.6) is 0 Å². The van der Waals surface area contributed by atoms with Gasteiger partial charge in [0, 0.05) is 34.7 Å². The maximum Gasteiger partial charge on any atom is 0.161 e. The lowest BCUT2D eigenvalue weighted by molar-refractivity contribution is 0.101. The summed E-state index contributed by atoms with van der Waals surface area (Å²) in [5, 5.41) is 1.58. The number of benzene rings is 1. The third kappa shape index (κ3) is 1.32. The van der Waals surface area contributed by atoms with E-state index in [-0.39, 0.29) is 5.78 Å². The van der Waals surface area contributed by atoms with E-state index in [1.807, 2.05) is 36.0 Å². The monoisotopic (exact) mass is 207 g/mol. The molecule has 1 aromatic heterocycles. The predicted octanol–water partition coefficient (Wildman–Crippen LogP) is 3.03. The van der Waals surface area contributed by atoms with E-state index in [0.717, 1.165) is 16.5 Å². The Morgan fingerprint density at radius 2 is 2.14 bits per heavy atom. The molecule has 72 valence electrons. The van der Waals surface area contributed by atoms with Crippen LogP contribution in [0.1, 0.15) is 17.3 Å². The lowest BCUT2D eigenvalue weighted by Gasteiger charge is -1.95. The smallest absolute Gasteiger partial charge is 0.161 e. The number of ketones is 1. The number of Topliss-reactive ketones (excluding diaryl/α,β-unsaturated/α-hetero) is 1. The molecule has 1 aromatic carbocycles. The number of carbonyl (C=O) groups excluding carboxylic acids is 1. The van der Waals surface area contributed by atoms with Crippen LogP contribution >= 0.6 is 11.6 Å². The van der Waals surface area contributed by atoms with Gasteiger partial charge in [0.25, 0.3) is 0 Å². The van der Waals surface area contributed by atoms with Gasteiger partial charge < -0.3 is 4.57 Å². The van der Waals surface area contributed by atoms with Gasteiger partial charge in [-0.15, -0.1) is 0 Å². The van der Waals surface area contributed by atoms with Gasteiger partial charge in [-0.05, 0) is 25.1 Å². The summed E-state index contributed by atoms with van der Waals surface area (Å²) in [6.45, 7) is 1.57. The van der Waals surface area contributed by atoms with Crippen molar-refractivity contribution in [3.8, 4) is 0 Å². The summed E-state index contributed by atoms with van der Waals surface area (Å²) in [7, 11) is 1.92. The molecule has 0 amide bonds. The Labute approximate surface area is 87.1 Å². The number of aryl methyl sites for hydroxylation is 1. The van der Waals surface area contributed by atoms with Gasteiger partial charge >= 0.3 is 0 Å². The summed E-state index contributed by atoms with van der Waals surface area (Å²) in [6.07, 6.45) is 1.84. The molecule has 0 saturated heterocycles. The van der Waals surface area contributed by atoms with Crippen molar-refractivity contribution in [2.45, 2.75) is 6.92 Å². The minimum atomic E-state index is 0.0675. The Hall–Kier alpha value is -1.28. The molecule has 0 aliphatic carbocycles. The van der Waals surface area contributed by atoms with Gasteiger partial charge in [0.05, 0.1) is 0 Å². The van der Waals surface area contributed by atoms with Crippen molar-refractivity contribution in [3.05, 3.63) is 35.0 Å². The second kappa shape index (κ2) is 3.14. The van der Waals surface area contributed by atoms with Gasteiger partial charge in [-0.1, -0.05) is 11.6 Å². The number of aromatic nitrogens is 1. The van der Waals surface area contributed by atoms with Crippen LogP contribution in [0.4, 0.5) is 0 Å². The minimum absolute atomic E-state index is 0.0675. The van der Waals surface area contributed by atoms with Crippen molar-refractivity contribution < 1.29 is 4.79 Å². The first-order valence-corrected chi connectivity index (χ1v) is 4.73. The fraction of sp³-hybridized carbons (Fsp3) is 0.182. The number of fused-ring (bicyclic) bond motifs is 1. The van der Waals surface area contributed by atoms with Crippen molar-refractivity contribution in [2.24, 2.45) is 7.05 Å². The number of hydrogen-bond acceptors (Lipinski definition) is 1. The van der Waals surface area contributed by atoms with Crippen molar-refractivity contribution in [3.63, 3.8) is 0 Å². The minimum Gasteiger partial charge on any atom is -0.350 e. The highest BCUT2D eigenvalue weighted by Crippen LogP contribution is 2.24. The Morgan fingerprint density at radius 1 is 1.43 bits per heavy atom. The van der Waals surface area contributed by atoms with Crippen molar-refractivity contribution in [1.82, 2.24) is 4.57 Å². The molecule has 0 radical (unpaired) electrons. The molecule has 2 rings (SSSR count). The number of halogens is 1. The molecule has 0 unspecified atom stereocenters. The third-order valence-electron chi connectivity index (χ3n) is 2.33. The molecular formula is C11H10ClNO. The summed E-state index contributed by atoms with van der Waals surface area (Å²) in [4.78, 5) is 11.3. The van der Waals surface area contributed by atoms with E-state index in [9.17, 15) is 4.79 Å². The summed E-state index contributed by atoms with van der Waals surface area (Å²) < 4.78 is 1.93. The molecule has 0 aliphatic heterocycles. The van der Waals surface area contributed by atoms with E-state index in [1.54, 1.807) is 6.92 Å². The average Bonchev–Trinajstić information content (AvgIpc) is 2.43. The molecule has 0 bridgehead atoms. The van der Waals surface area contributed by atoms with Gasteiger partial charge in [0.15, 0.2) is 5.78 Å². The predicted molar refractivity (Wildman–Crippen MR) is 57.9 cm³/mol. The Kier molecular flexibility index (Phi) is 2.08. The van der Waals surface area contributed by atoms with Gasteiger partial charge in [0.1, 0.15) is 0 Å². The molecule has 0 fully saturated rings. The van der Waals surface area contributed by atoms with Crippen LogP contribution in [0.15, 0.2) is 24.4 Å². The van der Waals surface area contributed by atoms with E-state index in [1.165, 1.54) is 0 Å². The van der Waals surface area contributed by atoms with Crippen molar-refractivity contribution in [1.29, 1.82) is 0 Å². The normalized spacial score (nSPS) is 10.8. The molecule has 0 spiro atoms.